The second kappa shape index (κ2) is 12.2. The molecule has 0 radical (unpaired) electrons. The van der Waals surface area contributed by atoms with Crippen LogP contribution in [0.3, 0.4) is 0 Å². The number of pyridine rings is 1. The topological polar surface area (TPSA) is 38.7 Å². The van der Waals surface area contributed by atoms with Gasteiger partial charge in [-0.15, -0.1) is 0 Å². The van der Waals surface area contributed by atoms with E-state index < -0.39 is 0 Å². The Bertz CT molecular complexity index is 2860. The maximum atomic E-state index is 5.29. The lowest BCUT2D eigenvalue weighted by Gasteiger charge is -2.22. The smallest absolute Gasteiger partial charge is 0.160 e. The summed E-state index contributed by atoms with van der Waals surface area (Å²) in [4.78, 5) is 14.9. The van der Waals surface area contributed by atoms with Crippen LogP contribution in [0.2, 0.25) is 0 Å². The summed E-state index contributed by atoms with van der Waals surface area (Å²) in [6, 6.07) is 58.7. The molecule has 2 heterocycles. The van der Waals surface area contributed by atoms with Gasteiger partial charge in [0.2, 0.25) is 0 Å². The molecule has 2 aromatic heterocycles. The van der Waals surface area contributed by atoms with Gasteiger partial charge in [-0.2, -0.15) is 0 Å². The van der Waals surface area contributed by atoms with E-state index in [4.69, 9.17) is 9.97 Å². The van der Waals surface area contributed by atoms with E-state index in [1.807, 2.05) is 24.5 Å². The first-order chi connectivity index (χ1) is 26.0. The summed E-state index contributed by atoms with van der Waals surface area (Å²) in [5.41, 5.74) is 14.7. The Morgan fingerprint density at radius 2 is 1.02 bits per heavy atom. The summed E-state index contributed by atoms with van der Waals surface area (Å²) in [6.45, 7) is 4.68. The average Bonchev–Trinajstić information content (AvgIpc) is 3.45. The SMILES string of the molecule is CC1(C)c2cc3ccccc3cc2-c2c(-c3cc(-c4ccc5cc(-c6ccccc6-c6cccnc6)ccc5c4)nc(-c4ccccc4)n3)cccc21. The molecule has 0 fully saturated rings. The van der Waals surface area contributed by atoms with Gasteiger partial charge in [0, 0.05) is 40.1 Å². The van der Waals surface area contributed by atoms with Crippen LogP contribution in [0.4, 0.5) is 0 Å². The predicted molar refractivity (Wildman–Crippen MR) is 220 cm³/mol. The van der Waals surface area contributed by atoms with Gasteiger partial charge < -0.3 is 0 Å². The monoisotopic (exact) mass is 677 g/mol. The maximum Gasteiger partial charge on any atom is 0.160 e. The van der Waals surface area contributed by atoms with Crippen molar-refractivity contribution in [1.82, 2.24) is 15.0 Å². The van der Waals surface area contributed by atoms with E-state index in [1.165, 1.54) is 55.1 Å². The molecule has 250 valence electrons. The van der Waals surface area contributed by atoms with Crippen LogP contribution in [0.5, 0.6) is 0 Å². The second-order valence-electron chi connectivity index (χ2n) is 14.5. The average molecular weight is 678 g/mol. The molecule has 7 aromatic carbocycles. The van der Waals surface area contributed by atoms with E-state index in [9.17, 15) is 0 Å². The Kier molecular flexibility index (Phi) is 7.16. The number of hydrogen-bond acceptors (Lipinski definition) is 3. The lowest BCUT2D eigenvalue weighted by molar-refractivity contribution is 0.661. The summed E-state index contributed by atoms with van der Waals surface area (Å²) < 4.78 is 0. The minimum Gasteiger partial charge on any atom is -0.264 e. The molecule has 0 spiro atoms. The number of rotatable bonds is 5. The van der Waals surface area contributed by atoms with Crippen LogP contribution in [-0.2, 0) is 5.41 Å². The quantitative estimate of drug-likeness (QED) is 0.182. The number of benzene rings is 7. The van der Waals surface area contributed by atoms with Crippen LogP contribution in [0, 0.1) is 0 Å². The Morgan fingerprint density at radius 3 is 1.79 bits per heavy atom. The van der Waals surface area contributed by atoms with E-state index in [0.29, 0.717) is 5.82 Å². The van der Waals surface area contributed by atoms with Gasteiger partial charge in [-0.05, 0) is 96.9 Å². The highest BCUT2D eigenvalue weighted by molar-refractivity contribution is 5.99. The highest BCUT2D eigenvalue weighted by Gasteiger charge is 2.37. The van der Waals surface area contributed by atoms with E-state index in [1.54, 1.807) is 0 Å². The molecule has 53 heavy (non-hydrogen) atoms. The summed E-state index contributed by atoms with van der Waals surface area (Å²) >= 11 is 0. The number of aromatic nitrogens is 3. The Labute approximate surface area is 309 Å². The van der Waals surface area contributed by atoms with Gasteiger partial charge in [0.05, 0.1) is 11.4 Å². The molecule has 0 atom stereocenters. The van der Waals surface area contributed by atoms with Crippen LogP contribution >= 0.6 is 0 Å². The third kappa shape index (κ3) is 5.24. The van der Waals surface area contributed by atoms with Gasteiger partial charge in [0.1, 0.15) is 0 Å². The normalized spacial score (nSPS) is 12.9. The first kappa shape index (κ1) is 31.1. The van der Waals surface area contributed by atoms with Crippen molar-refractivity contribution in [3.63, 3.8) is 0 Å². The van der Waals surface area contributed by atoms with Gasteiger partial charge in [0.15, 0.2) is 5.82 Å². The van der Waals surface area contributed by atoms with Crippen LogP contribution in [-0.4, -0.2) is 15.0 Å². The van der Waals surface area contributed by atoms with Gasteiger partial charge in [-0.1, -0.05) is 141 Å². The Hall–Kier alpha value is -6.71. The summed E-state index contributed by atoms with van der Waals surface area (Å²) in [5, 5.41) is 4.86. The van der Waals surface area contributed by atoms with Crippen LogP contribution in [0.1, 0.15) is 25.0 Å². The molecule has 10 rings (SSSR count). The first-order valence-electron chi connectivity index (χ1n) is 18.2. The molecule has 0 amide bonds. The minimum absolute atomic E-state index is 0.140. The van der Waals surface area contributed by atoms with Crippen molar-refractivity contribution >= 4 is 21.5 Å². The lowest BCUT2D eigenvalue weighted by Crippen LogP contribution is -2.14. The van der Waals surface area contributed by atoms with Crippen molar-refractivity contribution in [2.45, 2.75) is 19.3 Å². The molecule has 0 saturated heterocycles. The van der Waals surface area contributed by atoms with Crippen molar-refractivity contribution in [3.8, 4) is 67.3 Å². The van der Waals surface area contributed by atoms with Crippen molar-refractivity contribution in [2.24, 2.45) is 0 Å². The minimum atomic E-state index is -0.140. The van der Waals surface area contributed by atoms with Gasteiger partial charge >= 0.3 is 0 Å². The van der Waals surface area contributed by atoms with E-state index in [0.717, 1.165) is 39.0 Å². The summed E-state index contributed by atoms with van der Waals surface area (Å²) in [5.74, 6) is 0.717. The fourth-order valence-electron chi connectivity index (χ4n) is 8.22. The van der Waals surface area contributed by atoms with Crippen LogP contribution in [0.15, 0.2) is 176 Å². The molecule has 0 N–H and O–H groups in total. The number of hydrogen-bond donors (Lipinski definition) is 0. The third-order valence-corrected chi connectivity index (χ3v) is 10.9. The zero-order chi connectivity index (χ0) is 35.5. The summed E-state index contributed by atoms with van der Waals surface area (Å²) in [7, 11) is 0. The van der Waals surface area contributed by atoms with Crippen LogP contribution in [0.25, 0.3) is 88.8 Å². The largest absolute Gasteiger partial charge is 0.264 e. The Balaban J connectivity index is 1.12. The van der Waals surface area contributed by atoms with Crippen LogP contribution < -0.4 is 0 Å². The lowest BCUT2D eigenvalue weighted by atomic mass is 9.81. The Morgan fingerprint density at radius 1 is 0.396 bits per heavy atom. The van der Waals surface area contributed by atoms with Gasteiger partial charge in [-0.25, -0.2) is 9.97 Å². The summed E-state index contributed by atoms with van der Waals surface area (Å²) in [6.07, 6.45) is 3.74. The second-order valence-corrected chi connectivity index (χ2v) is 14.5. The molecule has 0 bridgehead atoms. The molecule has 1 aliphatic rings. The molecule has 0 saturated carbocycles. The standard InChI is InChI=1S/C50H35N3/c1-50(2)44-20-10-19-42(48(44)43-28-33-14-6-7-15-34(33)29-45(43)50)47-30-46(52-49(53-47)32-12-4-3-5-13-32)38-24-22-35-26-37(23-21-36(35)27-38)40-17-8-9-18-41(40)39-16-11-25-51-31-39/h3-31H,1-2H3. The van der Waals surface area contributed by atoms with E-state index >= 15 is 0 Å². The van der Waals surface area contributed by atoms with Crippen molar-refractivity contribution < 1.29 is 0 Å². The highest BCUT2D eigenvalue weighted by Crippen LogP contribution is 2.53. The highest BCUT2D eigenvalue weighted by atomic mass is 14.9. The first-order valence-corrected chi connectivity index (χ1v) is 18.2. The van der Waals surface area contributed by atoms with Gasteiger partial charge in [-0.3, -0.25) is 4.98 Å². The fraction of sp³-hybridized carbons (Fsp3) is 0.0600. The molecular weight excluding hydrogens is 643 g/mol. The number of nitrogens with zero attached hydrogens (tertiary/aromatic N) is 3. The zero-order valence-electron chi connectivity index (χ0n) is 29.6. The molecule has 3 heteroatoms. The fourth-order valence-corrected chi connectivity index (χ4v) is 8.22. The van der Waals surface area contributed by atoms with E-state index in [2.05, 4.69) is 170 Å². The van der Waals surface area contributed by atoms with Crippen molar-refractivity contribution in [1.29, 1.82) is 0 Å². The third-order valence-electron chi connectivity index (χ3n) is 10.9. The number of fused-ring (bicyclic) bond motifs is 5. The molecule has 0 unspecified atom stereocenters. The maximum absolute atomic E-state index is 5.29. The molecule has 1 aliphatic carbocycles. The molecular formula is C50H35N3. The predicted octanol–water partition coefficient (Wildman–Crippen LogP) is 12.8. The van der Waals surface area contributed by atoms with Crippen molar-refractivity contribution in [3.05, 3.63) is 187 Å². The van der Waals surface area contributed by atoms with Gasteiger partial charge in [0.25, 0.3) is 0 Å². The molecule has 9 aromatic rings. The van der Waals surface area contributed by atoms with E-state index in [-0.39, 0.29) is 5.41 Å². The molecule has 3 nitrogen and oxygen atoms in total. The van der Waals surface area contributed by atoms with Crippen molar-refractivity contribution in [2.75, 3.05) is 0 Å². The molecule has 0 aliphatic heterocycles. The zero-order valence-corrected chi connectivity index (χ0v) is 29.6.